The van der Waals surface area contributed by atoms with Gasteiger partial charge in [0.15, 0.2) is 17.2 Å². The number of hydrogen-bond donors (Lipinski definition) is 0. The fraction of sp³-hybridized carbons (Fsp3) is 0.640. The monoisotopic (exact) mass is 428 g/mol. The molecule has 8 atom stereocenters. The first-order chi connectivity index (χ1) is 14.1. The molecule has 0 aromatic heterocycles. The number of Topliss-reactive ketones (excluding diaryl/α,β-unsaturated/α-hetero) is 1. The molecule has 160 valence electrons. The number of hydrogen-bond acceptors (Lipinski definition) is 4. The van der Waals surface area contributed by atoms with Crippen molar-refractivity contribution in [2.24, 2.45) is 40.4 Å². The van der Waals surface area contributed by atoms with E-state index in [1.807, 2.05) is 6.08 Å². The molecular weight excluding hydrogens is 400 g/mol. The number of carbonyl (C=O) groups excluding carboxylic acids is 3. The quantitative estimate of drug-likeness (QED) is 0.469. The highest BCUT2D eigenvalue weighted by atomic mass is 35.5. The average molecular weight is 429 g/mol. The summed E-state index contributed by atoms with van der Waals surface area (Å²) in [5, 5.41) is 0.683. The summed E-state index contributed by atoms with van der Waals surface area (Å²) in [6.07, 6.45) is 11.3. The van der Waals surface area contributed by atoms with Crippen LogP contribution in [0.25, 0.3) is 0 Å². The molecule has 0 spiro atoms. The molecule has 5 aliphatic rings. The third kappa shape index (κ3) is 2.21. The first-order valence-electron chi connectivity index (χ1n) is 11.1. The van der Waals surface area contributed by atoms with Crippen LogP contribution in [0, 0.1) is 40.4 Å². The van der Waals surface area contributed by atoms with Crippen LogP contribution in [-0.4, -0.2) is 23.1 Å². The fourth-order valence-corrected chi connectivity index (χ4v) is 8.38. The minimum Gasteiger partial charge on any atom is -0.451 e. The molecule has 5 heteroatoms. The van der Waals surface area contributed by atoms with E-state index < -0.39 is 17.0 Å². The largest absolute Gasteiger partial charge is 0.451 e. The molecule has 2 fully saturated rings. The third-order valence-corrected chi connectivity index (χ3v) is 9.84. The summed E-state index contributed by atoms with van der Waals surface area (Å²) >= 11 is 6.82. The van der Waals surface area contributed by atoms with Crippen LogP contribution in [-0.2, 0) is 19.1 Å². The van der Waals surface area contributed by atoms with Gasteiger partial charge in [-0.15, -0.1) is 0 Å². The Hall–Kier alpha value is -1.68. The Kier molecular flexibility index (Phi) is 4.17. The SMILES string of the molecule is CC(=O)O[C@]1(C(C)=O)CC[C@H]2[C@@H]3C=C(Cl)C4=CC(=O)[C@@H]5C=C[C@@H]5[C@]4(C)[C@H]3CC[C@@]21C. The van der Waals surface area contributed by atoms with E-state index >= 15 is 0 Å². The summed E-state index contributed by atoms with van der Waals surface area (Å²) in [7, 11) is 0. The number of fused-ring (bicyclic) bond motifs is 7. The second kappa shape index (κ2) is 6.18. The van der Waals surface area contributed by atoms with Crippen LogP contribution < -0.4 is 0 Å². The van der Waals surface area contributed by atoms with Crippen LogP contribution >= 0.6 is 11.6 Å². The molecule has 0 aromatic carbocycles. The molecular formula is C25H29ClO4. The predicted octanol–water partition coefficient (Wildman–Crippen LogP) is 4.77. The number of halogens is 1. The Morgan fingerprint density at radius 3 is 2.40 bits per heavy atom. The van der Waals surface area contributed by atoms with Gasteiger partial charge >= 0.3 is 5.97 Å². The third-order valence-electron chi connectivity index (χ3n) is 9.51. The number of rotatable bonds is 2. The van der Waals surface area contributed by atoms with E-state index in [0.717, 1.165) is 24.8 Å². The average Bonchev–Trinajstić information content (AvgIpc) is 2.90. The first-order valence-corrected chi connectivity index (χ1v) is 11.5. The Morgan fingerprint density at radius 1 is 1.10 bits per heavy atom. The molecule has 0 heterocycles. The zero-order valence-corrected chi connectivity index (χ0v) is 18.8. The molecule has 5 rings (SSSR count). The Morgan fingerprint density at radius 2 is 1.80 bits per heavy atom. The maximum Gasteiger partial charge on any atom is 0.303 e. The molecule has 30 heavy (non-hydrogen) atoms. The van der Waals surface area contributed by atoms with E-state index in [2.05, 4.69) is 26.0 Å². The van der Waals surface area contributed by atoms with E-state index in [-0.39, 0.29) is 40.7 Å². The standard InChI is InChI=1S/C25H29ClO4/c1-13(27)25(30-14(2)28)10-8-17-16-11-21(26)20-12-22(29)15-5-6-18(15)24(20,4)19(16)7-9-23(17,25)3/h5-6,11-12,15-19H,7-10H2,1-4H3/t15-,16+,17+,18+,19+,23+,24-,25+/m1/s1. The maximum atomic E-state index is 12.8. The van der Waals surface area contributed by atoms with Gasteiger partial charge in [-0.1, -0.05) is 43.7 Å². The highest BCUT2D eigenvalue weighted by molar-refractivity contribution is 6.32. The lowest BCUT2D eigenvalue weighted by atomic mass is 9.43. The normalized spacial score (nSPS) is 48.3. The second-order valence-electron chi connectivity index (χ2n) is 10.5. The lowest BCUT2D eigenvalue weighted by Gasteiger charge is -2.61. The van der Waals surface area contributed by atoms with Gasteiger partial charge in [0.05, 0.1) is 0 Å². The van der Waals surface area contributed by atoms with Gasteiger partial charge in [0, 0.05) is 34.6 Å². The van der Waals surface area contributed by atoms with Crippen LogP contribution in [0.2, 0.25) is 0 Å². The molecule has 0 N–H and O–H groups in total. The molecule has 0 amide bonds. The zero-order valence-electron chi connectivity index (χ0n) is 18.0. The summed E-state index contributed by atoms with van der Waals surface area (Å²) < 4.78 is 5.83. The number of allylic oxidation sites excluding steroid dienone is 6. The first kappa shape index (κ1) is 20.2. The van der Waals surface area contributed by atoms with Crippen molar-refractivity contribution in [2.75, 3.05) is 0 Å². The molecule has 2 saturated carbocycles. The topological polar surface area (TPSA) is 60.4 Å². The van der Waals surface area contributed by atoms with Crippen LogP contribution in [0.1, 0.15) is 53.4 Å². The number of ether oxygens (including phenoxy) is 1. The molecule has 5 aliphatic carbocycles. The van der Waals surface area contributed by atoms with Gasteiger partial charge in [0.2, 0.25) is 0 Å². The van der Waals surface area contributed by atoms with Crippen molar-refractivity contribution in [1.29, 1.82) is 0 Å². The van der Waals surface area contributed by atoms with E-state index in [1.165, 1.54) is 6.92 Å². The van der Waals surface area contributed by atoms with Gasteiger partial charge in [0.1, 0.15) is 0 Å². The minimum atomic E-state index is -1.05. The Labute approximate surface area is 182 Å². The van der Waals surface area contributed by atoms with Crippen molar-refractivity contribution < 1.29 is 19.1 Å². The second-order valence-corrected chi connectivity index (χ2v) is 10.9. The molecule has 0 unspecified atom stereocenters. The number of ketones is 2. The van der Waals surface area contributed by atoms with Gasteiger partial charge in [-0.25, -0.2) is 0 Å². The van der Waals surface area contributed by atoms with Gasteiger partial charge in [-0.2, -0.15) is 0 Å². The highest BCUT2D eigenvalue weighted by Gasteiger charge is 2.69. The summed E-state index contributed by atoms with van der Waals surface area (Å²) in [6.45, 7) is 7.37. The van der Waals surface area contributed by atoms with Crippen molar-refractivity contribution in [3.63, 3.8) is 0 Å². The van der Waals surface area contributed by atoms with E-state index in [0.29, 0.717) is 17.4 Å². The van der Waals surface area contributed by atoms with Crippen molar-refractivity contribution in [3.05, 3.63) is 34.9 Å². The van der Waals surface area contributed by atoms with Crippen LogP contribution in [0.5, 0.6) is 0 Å². The molecule has 0 radical (unpaired) electrons. The lowest BCUT2D eigenvalue weighted by Crippen LogP contribution is -2.60. The highest BCUT2D eigenvalue weighted by Crippen LogP contribution is 2.70. The summed E-state index contributed by atoms with van der Waals surface area (Å²) in [5.74, 6) is 0.653. The van der Waals surface area contributed by atoms with Gasteiger partial charge in [0.25, 0.3) is 0 Å². The van der Waals surface area contributed by atoms with Crippen LogP contribution in [0.4, 0.5) is 0 Å². The Balaban J connectivity index is 1.61. The summed E-state index contributed by atoms with van der Waals surface area (Å²) in [4.78, 5) is 37.4. The smallest absolute Gasteiger partial charge is 0.303 e. The van der Waals surface area contributed by atoms with E-state index in [9.17, 15) is 14.4 Å². The molecule has 4 nitrogen and oxygen atoms in total. The lowest BCUT2D eigenvalue weighted by molar-refractivity contribution is -0.185. The summed E-state index contributed by atoms with van der Waals surface area (Å²) in [6, 6.07) is 0. The van der Waals surface area contributed by atoms with Crippen LogP contribution in [0.3, 0.4) is 0 Å². The van der Waals surface area contributed by atoms with Gasteiger partial charge in [-0.3, -0.25) is 14.4 Å². The maximum absolute atomic E-state index is 12.8. The molecule has 0 aliphatic heterocycles. The molecule has 0 saturated heterocycles. The zero-order chi connectivity index (χ0) is 21.6. The van der Waals surface area contributed by atoms with Crippen LogP contribution in [0.15, 0.2) is 34.9 Å². The molecule has 0 aromatic rings. The van der Waals surface area contributed by atoms with E-state index in [1.54, 1.807) is 13.0 Å². The fourth-order valence-electron chi connectivity index (χ4n) is 7.97. The summed E-state index contributed by atoms with van der Waals surface area (Å²) in [5.41, 5.74) is -0.641. The van der Waals surface area contributed by atoms with Crippen molar-refractivity contribution in [2.45, 2.75) is 59.0 Å². The van der Waals surface area contributed by atoms with E-state index in [4.69, 9.17) is 16.3 Å². The predicted molar refractivity (Wildman–Crippen MR) is 113 cm³/mol. The van der Waals surface area contributed by atoms with Gasteiger partial charge < -0.3 is 4.74 Å². The number of carbonyl (C=O) groups is 3. The van der Waals surface area contributed by atoms with Gasteiger partial charge in [-0.05, 0) is 62.0 Å². The van der Waals surface area contributed by atoms with Crippen molar-refractivity contribution >= 4 is 29.1 Å². The Bertz CT molecular complexity index is 960. The minimum absolute atomic E-state index is 0.0313. The van der Waals surface area contributed by atoms with Crippen molar-refractivity contribution in [1.82, 2.24) is 0 Å². The van der Waals surface area contributed by atoms with Crippen molar-refractivity contribution in [3.8, 4) is 0 Å². The number of esters is 1. The molecule has 0 bridgehead atoms.